The lowest BCUT2D eigenvalue weighted by Gasteiger charge is -2.18. The lowest BCUT2D eigenvalue weighted by molar-refractivity contribution is 0.675. The van der Waals surface area contributed by atoms with E-state index < -0.39 is 0 Å². The van der Waals surface area contributed by atoms with Crippen LogP contribution in [-0.2, 0) is 7.05 Å². The van der Waals surface area contributed by atoms with Crippen LogP contribution in [0.2, 0.25) is 0 Å². The summed E-state index contributed by atoms with van der Waals surface area (Å²) in [5, 5.41) is 7.73. The summed E-state index contributed by atoms with van der Waals surface area (Å²) in [5.74, 6) is 0. The fourth-order valence-corrected chi connectivity index (χ4v) is 2.02. The van der Waals surface area contributed by atoms with Crippen LogP contribution < -0.4 is 5.32 Å². The first kappa shape index (κ1) is 11.7. The molecule has 1 atom stereocenters. The van der Waals surface area contributed by atoms with Crippen molar-refractivity contribution in [3.8, 4) is 0 Å². The van der Waals surface area contributed by atoms with Gasteiger partial charge in [0.2, 0.25) is 0 Å². The summed E-state index contributed by atoms with van der Waals surface area (Å²) in [5.41, 5.74) is 5.00. The molecule has 0 spiro atoms. The molecule has 0 radical (unpaired) electrons. The number of anilines is 1. The van der Waals surface area contributed by atoms with Crippen molar-refractivity contribution >= 4 is 5.69 Å². The van der Waals surface area contributed by atoms with Gasteiger partial charge in [-0.1, -0.05) is 12.1 Å². The highest BCUT2D eigenvalue weighted by Crippen LogP contribution is 2.23. The Morgan fingerprint density at radius 2 is 2.00 bits per heavy atom. The molecule has 0 bridgehead atoms. The minimum Gasteiger partial charge on any atom is -0.377 e. The van der Waals surface area contributed by atoms with E-state index >= 15 is 0 Å². The van der Waals surface area contributed by atoms with Gasteiger partial charge in [0.05, 0.1) is 11.7 Å². The van der Waals surface area contributed by atoms with Crippen LogP contribution in [0, 0.1) is 13.8 Å². The largest absolute Gasteiger partial charge is 0.377 e. The summed E-state index contributed by atoms with van der Waals surface area (Å²) in [6.07, 6.45) is 1.83. The highest BCUT2D eigenvalue weighted by molar-refractivity contribution is 5.54. The number of nitrogens with zero attached hydrogens (tertiary/aromatic N) is 2. The molecule has 0 aliphatic heterocycles. The highest BCUT2D eigenvalue weighted by Gasteiger charge is 2.10. The Hall–Kier alpha value is -1.77. The van der Waals surface area contributed by atoms with E-state index in [1.54, 1.807) is 0 Å². The SMILES string of the molecule is Cc1cccc(NC(C)c2ccnn2C)c1C. The Balaban J connectivity index is 2.22. The molecule has 1 N–H and O–H groups in total. The van der Waals surface area contributed by atoms with Gasteiger partial charge < -0.3 is 5.32 Å². The summed E-state index contributed by atoms with van der Waals surface area (Å²) in [7, 11) is 1.97. The molecule has 0 saturated carbocycles. The standard InChI is InChI=1S/C14H19N3/c1-10-6-5-7-13(11(10)2)16-12(3)14-8-9-15-17(14)4/h5-9,12,16H,1-4H3. The summed E-state index contributed by atoms with van der Waals surface area (Å²) in [4.78, 5) is 0. The molecule has 3 heteroatoms. The lowest BCUT2D eigenvalue weighted by atomic mass is 10.1. The molecule has 0 amide bonds. The van der Waals surface area contributed by atoms with Crippen LogP contribution in [0.1, 0.15) is 29.8 Å². The van der Waals surface area contributed by atoms with E-state index in [9.17, 15) is 0 Å². The van der Waals surface area contributed by atoms with E-state index in [0.717, 1.165) is 0 Å². The second-order valence-corrected chi connectivity index (χ2v) is 4.49. The van der Waals surface area contributed by atoms with Gasteiger partial charge in [-0.3, -0.25) is 4.68 Å². The number of rotatable bonds is 3. The lowest BCUT2D eigenvalue weighted by Crippen LogP contribution is -2.12. The Labute approximate surface area is 102 Å². The van der Waals surface area contributed by atoms with Gasteiger partial charge in [0.1, 0.15) is 0 Å². The maximum atomic E-state index is 4.20. The summed E-state index contributed by atoms with van der Waals surface area (Å²) in [6, 6.07) is 8.64. The zero-order chi connectivity index (χ0) is 12.4. The second-order valence-electron chi connectivity index (χ2n) is 4.49. The van der Waals surface area contributed by atoms with E-state index in [-0.39, 0.29) is 6.04 Å². The van der Waals surface area contributed by atoms with Crippen LogP contribution in [0.3, 0.4) is 0 Å². The number of hydrogen-bond acceptors (Lipinski definition) is 2. The van der Waals surface area contributed by atoms with Crippen LogP contribution in [0.25, 0.3) is 0 Å². The maximum absolute atomic E-state index is 4.20. The van der Waals surface area contributed by atoms with Gasteiger partial charge in [-0.05, 0) is 44.0 Å². The van der Waals surface area contributed by atoms with Crippen molar-refractivity contribution in [1.82, 2.24) is 9.78 Å². The molecule has 0 saturated heterocycles. The summed E-state index contributed by atoms with van der Waals surface area (Å²) >= 11 is 0. The quantitative estimate of drug-likeness (QED) is 0.875. The molecule has 1 aromatic carbocycles. The predicted molar refractivity (Wildman–Crippen MR) is 71.2 cm³/mol. The molecule has 1 unspecified atom stereocenters. The smallest absolute Gasteiger partial charge is 0.0654 e. The number of aryl methyl sites for hydroxylation is 2. The molecule has 2 rings (SSSR count). The number of benzene rings is 1. The van der Waals surface area contributed by atoms with E-state index in [4.69, 9.17) is 0 Å². The molecule has 0 aliphatic carbocycles. The third-order valence-electron chi connectivity index (χ3n) is 3.28. The van der Waals surface area contributed by atoms with Gasteiger partial charge in [-0.2, -0.15) is 5.10 Å². The minimum atomic E-state index is 0.253. The van der Waals surface area contributed by atoms with Crippen molar-refractivity contribution in [2.45, 2.75) is 26.8 Å². The average molecular weight is 229 g/mol. The van der Waals surface area contributed by atoms with Gasteiger partial charge in [0.15, 0.2) is 0 Å². The number of nitrogens with one attached hydrogen (secondary N) is 1. The first-order valence-electron chi connectivity index (χ1n) is 5.90. The summed E-state index contributed by atoms with van der Waals surface area (Å²) < 4.78 is 1.91. The van der Waals surface area contributed by atoms with Crippen LogP contribution >= 0.6 is 0 Å². The average Bonchev–Trinajstić information content (AvgIpc) is 2.71. The molecule has 90 valence electrons. The fraction of sp³-hybridized carbons (Fsp3) is 0.357. The van der Waals surface area contributed by atoms with Crippen molar-refractivity contribution in [1.29, 1.82) is 0 Å². The topological polar surface area (TPSA) is 29.9 Å². The van der Waals surface area contributed by atoms with Gasteiger partial charge >= 0.3 is 0 Å². The minimum absolute atomic E-state index is 0.253. The van der Waals surface area contributed by atoms with Crippen molar-refractivity contribution in [2.75, 3.05) is 5.32 Å². The van der Waals surface area contributed by atoms with Crippen molar-refractivity contribution in [3.63, 3.8) is 0 Å². The van der Waals surface area contributed by atoms with E-state index in [1.165, 1.54) is 22.5 Å². The normalized spacial score (nSPS) is 12.5. The molecule has 0 aliphatic rings. The predicted octanol–water partition coefficient (Wildman–Crippen LogP) is 3.21. The van der Waals surface area contributed by atoms with E-state index in [0.29, 0.717) is 0 Å². The zero-order valence-electron chi connectivity index (χ0n) is 10.9. The number of hydrogen-bond donors (Lipinski definition) is 1. The van der Waals surface area contributed by atoms with Crippen LogP contribution in [0.15, 0.2) is 30.5 Å². The van der Waals surface area contributed by atoms with Gasteiger partial charge in [0, 0.05) is 18.9 Å². The van der Waals surface area contributed by atoms with Gasteiger partial charge in [-0.15, -0.1) is 0 Å². The molecule has 1 aromatic heterocycles. The van der Waals surface area contributed by atoms with Crippen LogP contribution in [-0.4, -0.2) is 9.78 Å². The van der Waals surface area contributed by atoms with Crippen LogP contribution in [0.4, 0.5) is 5.69 Å². The second kappa shape index (κ2) is 4.62. The van der Waals surface area contributed by atoms with Crippen molar-refractivity contribution in [2.24, 2.45) is 7.05 Å². The molecular formula is C14H19N3. The molecular weight excluding hydrogens is 210 g/mol. The molecule has 1 heterocycles. The van der Waals surface area contributed by atoms with Crippen molar-refractivity contribution < 1.29 is 0 Å². The Morgan fingerprint density at radius 1 is 1.24 bits per heavy atom. The van der Waals surface area contributed by atoms with Crippen molar-refractivity contribution in [3.05, 3.63) is 47.3 Å². The van der Waals surface area contributed by atoms with Crippen LogP contribution in [0.5, 0.6) is 0 Å². The zero-order valence-corrected chi connectivity index (χ0v) is 10.9. The number of aromatic nitrogens is 2. The third kappa shape index (κ3) is 2.33. The molecule has 2 aromatic rings. The molecule has 0 fully saturated rings. The first-order valence-corrected chi connectivity index (χ1v) is 5.90. The molecule has 17 heavy (non-hydrogen) atoms. The monoisotopic (exact) mass is 229 g/mol. The highest BCUT2D eigenvalue weighted by atomic mass is 15.3. The van der Waals surface area contributed by atoms with E-state index in [2.05, 4.69) is 49.4 Å². The third-order valence-corrected chi connectivity index (χ3v) is 3.28. The Morgan fingerprint density at radius 3 is 2.65 bits per heavy atom. The fourth-order valence-electron chi connectivity index (χ4n) is 2.02. The Bertz CT molecular complexity index is 514. The first-order chi connectivity index (χ1) is 8.09. The van der Waals surface area contributed by atoms with E-state index in [1.807, 2.05) is 24.0 Å². The van der Waals surface area contributed by atoms with Gasteiger partial charge in [0.25, 0.3) is 0 Å². The van der Waals surface area contributed by atoms with Gasteiger partial charge in [-0.25, -0.2) is 0 Å². The molecule has 3 nitrogen and oxygen atoms in total. The maximum Gasteiger partial charge on any atom is 0.0654 e. The Kier molecular flexibility index (Phi) is 3.18. The summed E-state index contributed by atoms with van der Waals surface area (Å²) in [6.45, 7) is 6.43.